The van der Waals surface area contributed by atoms with Crippen LogP contribution in [0.5, 0.6) is 0 Å². The molecule has 0 aromatic carbocycles. The summed E-state index contributed by atoms with van der Waals surface area (Å²) in [4.78, 5) is 11.5. The van der Waals surface area contributed by atoms with E-state index >= 15 is 0 Å². The summed E-state index contributed by atoms with van der Waals surface area (Å²) in [5, 5.41) is 0. The first-order valence-electron chi connectivity index (χ1n) is 8.22. The van der Waals surface area contributed by atoms with Gasteiger partial charge in [0.05, 0.1) is 13.2 Å². The number of piperidine rings is 1. The quantitative estimate of drug-likeness (QED) is 0.741. The molecule has 1 aliphatic carbocycles. The van der Waals surface area contributed by atoms with Gasteiger partial charge in [0.2, 0.25) is 0 Å². The predicted molar refractivity (Wildman–Crippen MR) is 79.4 cm³/mol. The zero-order valence-corrected chi connectivity index (χ0v) is 12.5. The van der Waals surface area contributed by atoms with E-state index in [0.717, 1.165) is 57.8 Å². The molecule has 114 valence electrons. The second kappa shape index (κ2) is 5.54. The van der Waals surface area contributed by atoms with E-state index in [0.29, 0.717) is 0 Å². The van der Waals surface area contributed by atoms with Crippen molar-refractivity contribution in [2.45, 2.75) is 50.7 Å². The van der Waals surface area contributed by atoms with E-state index in [1.54, 1.807) is 6.33 Å². The highest BCUT2D eigenvalue weighted by Crippen LogP contribution is 2.34. The Balaban J connectivity index is 1.54. The Bertz CT molecular complexity index is 504. The minimum absolute atomic E-state index is 0.305. The molecule has 0 unspecified atom stereocenters. The van der Waals surface area contributed by atoms with Crippen LogP contribution in [-0.4, -0.2) is 42.1 Å². The average Bonchev–Trinajstić information content (AvgIpc) is 2.83. The highest BCUT2D eigenvalue weighted by molar-refractivity contribution is 5.49. The van der Waals surface area contributed by atoms with Crippen LogP contribution in [0.1, 0.15) is 43.4 Å². The van der Waals surface area contributed by atoms with Crippen molar-refractivity contribution in [2.24, 2.45) is 0 Å². The molecule has 0 bridgehead atoms. The number of aromatic nitrogens is 2. The molecule has 0 radical (unpaired) electrons. The standard InChI is InChI=1S/C16H23N3O2/c1-2-4-13-14(5-3-1)17-12-18-15(13)19-8-6-16(7-9-19)20-10-11-21-16/h12H,1-11H2. The van der Waals surface area contributed by atoms with Crippen LogP contribution < -0.4 is 4.90 Å². The Labute approximate surface area is 125 Å². The second-order valence-corrected chi connectivity index (χ2v) is 6.28. The van der Waals surface area contributed by atoms with Crippen molar-refractivity contribution in [3.8, 4) is 0 Å². The zero-order chi connectivity index (χ0) is 14.1. The average molecular weight is 289 g/mol. The number of aryl methyl sites for hydroxylation is 1. The SMILES string of the molecule is c1nc2c(c(N3CCC4(CC3)OCCO4)n1)CCCCC2. The molecular weight excluding hydrogens is 266 g/mol. The second-order valence-electron chi connectivity index (χ2n) is 6.28. The van der Waals surface area contributed by atoms with Gasteiger partial charge in [0.25, 0.3) is 0 Å². The number of anilines is 1. The largest absolute Gasteiger partial charge is 0.356 e. The minimum atomic E-state index is -0.305. The van der Waals surface area contributed by atoms with Gasteiger partial charge in [0.15, 0.2) is 5.79 Å². The lowest BCUT2D eigenvalue weighted by Crippen LogP contribution is -2.45. The van der Waals surface area contributed by atoms with Crippen LogP contribution >= 0.6 is 0 Å². The van der Waals surface area contributed by atoms with Crippen molar-refractivity contribution in [3.05, 3.63) is 17.6 Å². The Morgan fingerprint density at radius 3 is 2.52 bits per heavy atom. The third-order valence-corrected chi connectivity index (χ3v) is 4.99. The lowest BCUT2D eigenvalue weighted by Gasteiger charge is -2.38. The first-order chi connectivity index (χ1) is 10.4. The van der Waals surface area contributed by atoms with Gasteiger partial charge in [-0.2, -0.15) is 0 Å². The van der Waals surface area contributed by atoms with Crippen molar-refractivity contribution in [2.75, 3.05) is 31.2 Å². The topological polar surface area (TPSA) is 47.5 Å². The van der Waals surface area contributed by atoms with E-state index in [2.05, 4.69) is 14.9 Å². The molecule has 0 atom stereocenters. The summed E-state index contributed by atoms with van der Waals surface area (Å²) in [7, 11) is 0. The molecule has 0 N–H and O–H groups in total. The van der Waals surface area contributed by atoms with Gasteiger partial charge in [-0.1, -0.05) is 6.42 Å². The summed E-state index contributed by atoms with van der Waals surface area (Å²) in [6, 6.07) is 0. The Kier molecular flexibility index (Phi) is 3.55. The third-order valence-electron chi connectivity index (χ3n) is 4.99. The van der Waals surface area contributed by atoms with Crippen LogP contribution in [0.2, 0.25) is 0 Å². The van der Waals surface area contributed by atoms with E-state index < -0.39 is 0 Å². The Hall–Kier alpha value is -1.20. The third kappa shape index (κ3) is 2.53. The summed E-state index contributed by atoms with van der Waals surface area (Å²) in [5.74, 6) is 0.857. The maximum atomic E-state index is 5.82. The molecule has 0 amide bonds. The van der Waals surface area contributed by atoms with Crippen LogP contribution in [-0.2, 0) is 22.3 Å². The summed E-state index contributed by atoms with van der Waals surface area (Å²) >= 11 is 0. The number of ether oxygens (including phenoxy) is 2. The van der Waals surface area contributed by atoms with E-state index in [9.17, 15) is 0 Å². The van der Waals surface area contributed by atoms with E-state index in [-0.39, 0.29) is 5.79 Å². The molecule has 1 aromatic heterocycles. The van der Waals surface area contributed by atoms with Crippen molar-refractivity contribution < 1.29 is 9.47 Å². The van der Waals surface area contributed by atoms with Crippen LogP contribution in [0, 0.1) is 0 Å². The normalized spacial score (nSPS) is 24.9. The Morgan fingerprint density at radius 1 is 0.952 bits per heavy atom. The van der Waals surface area contributed by atoms with Crippen LogP contribution in [0.25, 0.3) is 0 Å². The van der Waals surface area contributed by atoms with Crippen molar-refractivity contribution in [3.63, 3.8) is 0 Å². The van der Waals surface area contributed by atoms with Crippen LogP contribution in [0.4, 0.5) is 5.82 Å². The zero-order valence-electron chi connectivity index (χ0n) is 12.5. The summed E-state index contributed by atoms with van der Waals surface area (Å²) in [6.45, 7) is 3.40. The molecule has 3 aliphatic rings. The van der Waals surface area contributed by atoms with E-state index in [1.807, 2.05) is 0 Å². The maximum absolute atomic E-state index is 5.82. The van der Waals surface area contributed by atoms with Gasteiger partial charge in [-0.05, 0) is 25.7 Å². The van der Waals surface area contributed by atoms with Gasteiger partial charge >= 0.3 is 0 Å². The van der Waals surface area contributed by atoms with Crippen molar-refractivity contribution in [1.82, 2.24) is 9.97 Å². The highest BCUT2D eigenvalue weighted by Gasteiger charge is 2.40. The molecule has 2 fully saturated rings. The molecule has 1 spiro atoms. The fraction of sp³-hybridized carbons (Fsp3) is 0.750. The molecule has 2 saturated heterocycles. The van der Waals surface area contributed by atoms with E-state index in [4.69, 9.17) is 9.47 Å². The monoisotopic (exact) mass is 289 g/mol. The van der Waals surface area contributed by atoms with Gasteiger partial charge in [-0.25, -0.2) is 9.97 Å². The summed E-state index contributed by atoms with van der Waals surface area (Å²) in [5.41, 5.74) is 2.66. The molecule has 4 rings (SSSR count). The van der Waals surface area contributed by atoms with Crippen LogP contribution in [0.15, 0.2) is 6.33 Å². The van der Waals surface area contributed by atoms with Gasteiger partial charge in [-0.3, -0.25) is 0 Å². The molecule has 5 nitrogen and oxygen atoms in total. The Morgan fingerprint density at radius 2 is 1.71 bits per heavy atom. The van der Waals surface area contributed by atoms with Gasteiger partial charge < -0.3 is 14.4 Å². The molecule has 2 aliphatic heterocycles. The van der Waals surface area contributed by atoms with Crippen molar-refractivity contribution >= 4 is 5.82 Å². The maximum Gasteiger partial charge on any atom is 0.171 e. The number of hydrogen-bond donors (Lipinski definition) is 0. The van der Waals surface area contributed by atoms with Crippen molar-refractivity contribution in [1.29, 1.82) is 0 Å². The summed E-state index contributed by atoms with van der Waals surface area (Å²) < 4.78 is 11.6. The molecule has 0 saturated carbocycles. The smallest absolute Gasteiger partial charge is 0.171 e. The molecule has 21 heavy (non-hydrogen) atoms. The first kappa shape index (κ1) is 13.5. The molecular formula is C16H23N3O2. The lowest BCUT2D eigenvalue weighted by molar-refractivity contribution is -0.169. The number of hydrogen-bond acceptors (Lipinski definition) is 5. The number of fused-ring (bicyclic) bond motifs is 1. The van der Waals surface area contributed by atoms with Gasteiger partial charge in [0, 0.05) is 37.2 Å². The predicted octanol–water partition coefficient (Wildman–Crippen LogP) is 2.09. The van der Waals surface area contributed by atoms with Crippen LogP contribution in [0.3, 0.4) is 0 Å². The molecule has 1 aromatic rings. The number of rotatable bonds is 1. The lowest BCUT2D eigenvalue weighted by atomic mass is 10.0. The first-order valence-corrected chi connectivity index (χ1v) is 8.22. The van der Waals surface area contributed by atoms with Gasteiger partial charge in [0.1, 0.15) is 12.1 Å². The van der Waals surface area contributed by atoms with E-state index in [1.165, 1.54) is 30.5 Å². The number of nitrogens with zero attached hydrogens (tertiary/aromatic N) is 3. The fourth-order valence-corrected chi connectivity index (χ4v) is 3.80. The molecule has 3 heterocycles. The highest BCUT2D eigenvalue weighted by atomic mass is 16.7. The summed E-state index contributed by atoms with van der Waals surface area (Å²) in [6.07, 6.45) is 9.67. The van der Waals surface area contributed by atoms with Gasteiger partial charge in [-0.15, -0.1) is 0 Å². The molecule has 5 heteroatoms. The fourth-order valence-electron chi connectivity index (χ4n) is 3.80. The minimum Gasteiger partial charge on any atom is -0.356 e.